The number of sulfone groups is 1. The molecule has 1 aromatic heterocycles. The van der Waals surface area contributed by atoms with Gasteiger partial charge in [0.25, 0.3) is 5.91 Å². The Kier molecular flexibility index (Phi) is 7.14. The van der Waals surface area contributed by atoms with Gasteiger partial charge >= 0.3 is 6.61 Å². The molecule has 0 spiro atoms. The molecule has 170 valence electrons. The molecule has 3 rings (SSSR count). The monoisotopic (exact) mass is 465 g/mol. The van der Waals surface area contributed by atoms with Crippen LogP contribution in [0.25, 0.3) is 0 Å². The van der Waals surface area contributed by atoms with Crippen LogP contribution >= 0.6 is 0 Å². The number of amides is 1. The minimum Gasteiger partial charge on any atom is -0.493 e. The molecule has 0 aliphatic carbocycles. The van der Waals surface area contributed by atoms with Crippen molar-refractivity contribution in [2.45, 2.75) is 23.8 Å². The molecular weight excluding hydrogens is 444 g/mol. The standard InChI is InChI=1S/C22H21F2NO6S/c1-25(13-15-8-9-18(31-22(23)24)19(12-15)29-2)21(26)20-16(10-11-30-20)14-32(27,28)17-6-4-3-5-7-17/h3-12,22H,13-14H2,1-2H3. The first-order valence-corrected chi connectivity index (χ1v) is 11.1. The molecular formula is C22H21F2NO6S. The molecule has 3 aromatic rings. The lowest BCUT2D eigenvalue weighted by atomic mass is 10.1. The Morgan fingerprint density at radius 1 is 1.09 bits per heavy atom. The molecule has 10 heteroatoms. The number of nitrogens with zero attached hydrogens (tertiary/aromatic N) is 1. The van der Waals surface area contributed by atoms with E-state index >= 15 is 0 Å². The van der Waals surface area contributed by atoms with Crippen molar-refractivity contribution in [3.8, 4) is 11.5 Å². The molecule has 0 aliphatic heterocycles. The number of hydrogen-bond donors (Lipinski definition) is 0. The van der Waals surface area contributed by atoms with E-state index in [4.69, 9.17) is 9.15 Å². The van der Waals surface area contributed by atoms with Gasteiger partial charge in [0.15, 0.2) is 27.1 Å². The molecule has 32 heavy (non-hydrogen) atoms. The van der Waals surface area contributed by atoms with Gasteiger partial charge in [0.2, 0.25) is 0 Å². The van der Waals surface area contributed by atoms with E-state index in [1.165, 1.54) is 61.7 Å². The highest BCUT2D eigenvalue weighted by atomic mass is 32.2. The molecule has 0 unspecified atom stereocenters. The van der Waals surface area contributed by atoms with E-state index in [-0.39, 0.29) is 34.3 Å². The summed E-state index contributed by atoms with van der Waals surface area (Å²) < 4.78 is 65.1. The van der Waals surface area contributed by atoms with Gasteiger partial charge in [-0.2, -0.15) is 8.78 Å². The summed E-state index contributed by atoms with van der Waals surface area (Å²) in [5, 5.41) is 0. The first-order valence-electron chi connectivity index (χ1n) is 9.42. The van der Waals surface area contributed by atoms with Crippen molar-refractivity contribution in [3.63, 3.8) is 0 Å². The molecule has 1 amide bonds. The van der Waals surface area contributed by atoms with Crippen LogP contribution in [0.1, 0.15) is 21.7 Å². The smallest absolute Gasteiger partial charge is 0.387 e. The van der Waals surface area contributed by atoms with Crippen LogP contribution in [-0.2, 0) is 22.1 Å². The Morgan fingerprint density at radius 2 is 1.81 bits per heavy atom. The minimum atomic E-state index is -3.67. The van der Waals surface area contributed by atoms with E-state index < -0.39 is 28.1 Å². The molecule has 0 fully saturated rings. The number of halogens is 2. The molecule has 0 atom stereocenters. The van der Waals surface area contributed by atoms with Gasteiger partial charge in [0, 0.05) is 19.2 Å². The van der Waals surface area contributed by atoms with Gasteiger partial charge in [-0.3, -0.25) is 4.79 Å². The second-order valence-corrected chi connectivity index (χ2v) is 8.86. The molecule has 7 nitrogen and oxygen atoms in total. The lowest BCUT2D eigenvalue weighted by Gasteiger charge is -2.18. The third kappa shape index (κ3) is 5.44. The predicted octanol–water partition coefficient (Wildman–Crippen LogP) is 4.14. The van der Waals surface area contributed by atoms with Crippen molar-refractivity contribution in [3.05, 3.63) is 77.7 Å². The van der Waals surface area contributed by atoms with Crippen LogP contribution in [0.2, 0.25) is 0 Å². The molecule has 0 N–H and O–H groups in total. The third-order valence-corrected chi connectivity index (χ3v) is 6.28. The zero-order valence-corrected chi connectivity index (χ0v) is 18.1. The summed E-state index contributed by atoms with van der Waals surface area (Å²) in [7, 11) is -0.846. The summed E-state index contributed by atoms with van der Waals surface area (Å²) in [6.45, 7) is -2.90. The molecule has 1 heterocycles. The van der Waals surface area contributed by atoms with Gasteiger partial charge in [0.05, 0.1) is 24.0 Å². The molecule has 0 aliphatic rings. The number of alkyl halides is 2. The highest BCUT2D eigenvalue weighted by molar-refractivity contribution is 7.90. The van der Waals surface area contributed by atoms with Gasteiger partial charge in [-0.15, -0.1) is 0 Å². The molecule has 0 bridgehead atoms. The van der Waals surface area contributed by atoms with Crippen molar-refractivity contribution in [2.24, 2.45) is 0 Å². The maximum atomic E-state index is 12.9. The number of furan rings is 1. The van der Waals surface area contributed by atoms with E-state index in [9.17, 15) is 22.0 Å². The predicted molar refractivity (Wildman–Crippen MR) is 111 cm³/mol. The zero-order valence-electron chi connectivity index (χ0n) is 17.3. The van der Waals surface area contributed by atoms with Gasteiger partial charge in [-0.1, -0.05) is 24.3 Å². The van der Waals surface area contributed by atoms with Gasteiger partial charge in [0.1, 0.15) is 0 Å². The largest absolute Gasteiger partial charge is 0.493 e. The maximum Gasteiger partial charge on any atom is 0.387 e. The second kappa shape index (κ2) is 9.82. The number of ether oxygens (including phenoxy) is 2. The quantitative estimate of drug-likeness (QED) is 0.472. The Balaban J connectivity index is 1.76. The lowest BCUT2D eigenvalue weighted by molar-refractivity contribution is -0.0512. The van der Waals surface area contributed by atoms with Crippen LogP contribution in [0.4, 0.5) is 8.78 Å². The number of benzene rings is 2. The van der Waals surface area contributed by atoms with Crippen LogP contribution in [0.5, 0.6) is 11.5 Å². The van der Waals surface area contributed by atoms with E-state index in [1.807, 2.05) is 0 Å². The highest BCUT2D eigenvalue weighted by Gasteiger charge is 2.25. The molecule has 0 saturated carbocycles. The van der Waals surface area contributed by atoms with E-state index in [1.54, 1.807) is 18.2 Å². The Hall–Kier alpha value is -3.40. The summed E-state index contributed by atoms with van der Waals surface area (Å²) >= 11 is 0. The molecule has 0 radical (unpaired) electrons. The molecule has 0 saturated heterocycles. The number of carbonyl (C=O) groups is 1. The summed E-state index contributed by atoms with van der Waals surface area (Å²) in [4.78, 5) is 14.4. The lowest BCUT2D eigenvalue weighted by Crippen LogP contribution is -2.27. The first kappa shape index (κ1) is 23.3. The van der Waals surface area contributed by atoms with E-state index in [0.29, 0.717) is 5.56 Å². The molecule has 2 aromatic carbocycles. The summed E-state index contributed by atoms with van der Waals surface area (Å²) in [5.74, 6) is -1.04. The number of rotatable bonds is 9. The summed E-state index contributed by atoms with van der Waals surface area (Å²) in [6, 6.07) is 13.7. The van der Waals surface area contributed by atoms with Crippen LogP contribution in [-0.4, -0.2) is 40.0 Å². The van der Waals surface area contributed by atoms with Crippen molar-refractivity contribution in [1.82, 2.24) is 4.90 Å². The van der Waals surface area contributed by atoms with Crippen LogP contribution in [0.3, 0.4) is 0 Å². The number of carbonyl (C=O) groups excluding carboxylic acids is 1. The summed E-state index contributed by atoms with van der Waals surface area (Å²) in [6.07, 6.45) is 1.26. The van der Waals surface area contributed by atoms with Crippen molar-refractivity contribution in [2.75, 3.05) is 14.2 Å². The van der Waals surface area contributed by atoms with Gasteiger partial charge in [-0.25, -0.2) is 8.42 Å². The normalized spacial score (nSPS) is 11.4. The fourth-order valence-electron chi connectivity index (χ4n) is 3.08. The zero-order chi connectivity index (χ0) is 23.3. The number of hydrogen-bond acceptors (Lipinski definition) is 6. The van der Waals surface area contributed by atoms with Gasteiger partial charge < -0.3 is 18.8 Å². The fourth-order valence-corrected chi connectivity index (χ4v) is 4.45. The van der Waals surface area contributed by atoms with Crippen molar-refractivity contribution < 1.29 is 35.9 Å². The van der Waals surface area contributed by atoms with Crippen LogP contribution in [0, 0.1) is 0 Å². The van der Waals surface area contributed by atoms with Crippen molar-refractivity contribution >= 4 is 15.7 Å². The van der Waals surface area contributed by atoms with E-state index in [0.717, 1.165) is 0 Å². The third-order valence-electron chi connectivity index (χ3n) is 4.60. The average Bonchev–Trinajstić information content (AvgIpc) is 3.21. The first-order chi connectivity index (χ1) is 15.2. The SMILES string of the molecule is COc1cc(CN(C)C(=O)c2occc2CS(=O)(=O)c2ccccc2)ccc1OC(F)F. The Labute approximate surface area is 184 Å². The van der Waals surface area contributed by atoms with Crippen molar-refractivity contribution in [1.29, 1.82) is 0 Å². The Morgan fingerprint density at radius 3 is 2.47 bits per heavy atom. The minimum absolute atomic E-state index is 0.0865. The second-order valence-electron chi connectivity index (χ2n) is 6.87. The fraction of sp³-hybridized carbons (Fsp3) is 0.227. The average molecular weight is 465 g/mol. The summed E-state index contributed by atoms with van der Waals surface area (Å²) in [5.41, 5.74) is 0.827. The van der Waals surface area contributed by atoms with Crippen LogP contribution in [0.15, 0.2) is 70.2 Å². The topological polar surface area (TPSA) is 86.0 Å². The van der Waals surface area contributed by atoms with Crippen LogP contribution < -0.4 is 9.47 Å². The highest BCUT2D eigenvalue weighted by Crippen LogP contribution is 2.30. The number of methoxy groups -OCH3 is 1. The Bertz CT molecular complexity index is 1180. The maximum absolute atomic E-state index is 12.9. The van der Waals surface area contributed by atoms with E-state index in [2.05, 4.69) is 4.74 Å². The van der Waals surface area contributed by atoms with Gasteiger partial charge in [-0.05, 0) is 35.9 Å².